The number of ether oxygens (including phenoxy) is 1. The fourth-order valence-corrected chi connectivity index (χ4v) is 4.07. The van der Waals surface area contributed by atoms with Crippen molar-refractivity contribution in [2.75, 3.05) is 19.8 Å². The molecule has 172 valence electrons. The molecule has 0 amide bonds. The molecule has 2 aromatic rings. The second-order valence-electron chi connectivity index (χ2n) is 9.41. The molecule has 5 heteroatoms. The Kier molecular flexibility index (Phi) is 9.71. The number of hydrogen-bond acceptors (Lipinski definition) is 4. The second kappa shape index (κ2) is 12.0. The van der Waals surface area contributed by atoms with E-state index in [9.17, 15) is 4.79 Å². The van der Waals surface area contributed by atoms with Gasteiger partial charge >= 0.3 is 5.97 Å². The molecule has 0 fully saturated rings. The van der Waals surface area contributed by atoms with Crippen LogP contribution in [0, 0.1) is 11.8 Å². The Morgan fingerprint density at radius 1 is 1.03 bits per heavy atom. The number of carbonyl (C=O) groups excluding carboxylic acids is 1. The Balaban J connectivity index is 2.35. The van der Waals surface area contributed by atoms with Crippen LogP contribution < -0.4 is 0 Å². The van der Waals surface area contributed by atoms with E-state index >= 15 is 0 Å². The minimum absolute atomic E-state index is 0.0158. The lowest BCUT2D eigenvalue weighted by molar-refractivity contribution is -0.136. The zero-order valence-corrected chi connectivity index (χ0v) is 21.4. The summed E-state index contributed by atoms with van der Waals surface area (Å²) >= 11 is 0. The van der Waals surface area contributed by atoms with Crippen LogP contribution in [0.25, 0.3) is 0 Å². The lowest BCUT2D eigenvalue weighted by Crippen LogP contribution is -2.43. The highest BCUT2D eigenvalue weighted by molar-refractivity contribution is 6.74. The molecule has 1 atom stereocenters. The maximum atomic E-state index is 11.8. The summed E-state index contributed by atoms with van der Waals surface area (Å²) in [4.78, 5) is 14.0. The largest absolute Gasteiger partial charge is 0.456 e. The van der Waals surface area contributed by atoms with Gasteiger partial charge in [-0.25, -0.2) is 4.79 Å². The molecule has 0 saturated heterocycles. The normalized spacial score (nSPS) is 12.7. The van der Waals surface area contributed by atoms with Crippen molar-refractivity contribution in [2.24, 2.45) is 0 Å². The number of benzene rings is 2. The van der Waals surface area contributed by atoms with Crippen molar-refractivity contribution in [1.82, 2.24) is 4.90 Å². The number of hydrogen-bond donors (Lipinski definition) is 0. The first kappa shape index (κ1) is 25.9. The molecule has 0 N–H and O–H groups in total. The van der Waals surface area contributed by atoms with Crippen molar-refractivity contribution < 1.29 is 14.0 Å². The molecule has 0 bridgehead atoms. The standard InChI is InChI=1S/C27H37NO3Si/c1-7-30-26(29)19-14-20-28(21-23-15-10-8-11-16-23)25(24-17-12-9-13-18-24)22-31-32(5,6)27(2,3)4/h8-13,15-18,25H,7,20-22H2,1-6H3/t25-/m0/s1. The van der Waals surface area contributed by atoms with Crippen molar-refractivity contribution in [3.63, 3.8) is 0 Å². The van der Waals surface area contributed by atoms with Gasteiger partial charge < -0.3 is 9.16 Å². The Morgan fingerprint density at radius 2 is 1.62 bits per heavy atom. The highest BCUT2D eigenvalue weighted by atomic mass is 28.4. The highest BCUT2D eigenvalue weighted by Crippen LogP contribution is 2.37. The smallest absolute Gasteiger partial charge is 0.384 e. The summed E-state index contributed by atoms with van der Waals surface area (Å²) in [6, 6.07) is 20.8. The summed E-state index contributed by atoms with van der Waals surface area (Å²) in [6.07, 6.45) is 0. The van der Waals surface area contributed by atoms with Crippen LogP contribution in [0.15, 0.2) is 60.7 Å². The van der Waals surface area contributed by atoms with Crippen molar-refractivity contribution in [3.05, 3.63) is 71.8 Å². The number of carbonyl (C=O) groups is 1. The van der Waals surface area contributed by atoms with Gasteiger partial charge in [0, 0.05) is 12.5 Å². The quantitative estimate of drug-likeness (QED) is 0.208. The van der Waals surface area contributed by atoms with E-state index in [1.807, 2.05) is 24.3 Å². The predicted octanol–water partition coefficient (Wildman–Crippen LogP) is 5.82. The third kappa shape index (κ3) is 7.94. The topological polar surface area (TPSA) is 38.8 Å². The van der Waals surface area contributed by atoms with Gasteiger partial charge in [-0.3, -0.25) is 4.90 Å². The zero-order valence-electron chi connectivity index (χ0n) is 20.4. The summed E-state index contributed by atoms with van der Waals surface area (Å²) in [7, 11) is -1.94. The van der Waals surface area contributed by atoms with Crippen LogP contribution in [0.1, 0.15) is 44.9 Å². The molecule has 0 radical (unpaired) electrons. The SMILES string of the molecule is CCOC(=O)C#CCN(Cc1ccccc1)[C@@H](CO[Si](C)(C)C(C)(C)C)c1ccccc1. The van der Waals surface area contributed by atoms with Crippen LogP contribution in [-0.2, 0) is 20.5 Å². The summed E-state index contributed by atoms with van der Waals surface area (Å²) in [5, 5.41) is 0.127. The molecular weight excluding hydrogens is 414 g/mol. The van der Waals surface area contributed by atoms with Gasteiger partial charge in [0.2, 0.25) is 0 Å². The van der Waals surface area contributed by atoms with E-state index in [0.717, 1.165) is 0 Å². The molecule has 32 heavy (non-hydrogen) atoms. The predicted molar refractivity (Wildman–Crippen MR) is 134 cm³/mol. The van der Waals surface area contributed by atoms with E-state index in [0.29, 0.717) is 26.3 Å². The lowest BCUT2D eigenvalue weighted by Gasteiger charge is -2.39. The zero-order chi connectivity index (χ0) is 23.6. The van der Waals surface area contributed by atoms with Crippen molar-refractivity contribution >= 4 is 14.3 Å². The van der Waals surface area contributed by atoms with Crippen LogP contribution in [0.3, 0.4) is 0 Å². The molecule has 0 aliphatic carbocycles. The molecule has 0 heterocycles. The van der Waals surface area contributed by atoms with Crippen LogP contribution in [0.5, 0.6) is 0 Å². The van der Waals surface area contributed by atoms with Gasteiger partial charge in [-0.2, -0.15) is 0 Å². The summed E-state index contributed by atoms with van der Waals surface area (Å²) < 4.78 is 11.6. The van der Waals surface area contributed by atoms with E-state index < -0.39 is 14.3 Å². The third-order valence-corrected chi connectivity index (χ3v) is 10.5. The summed E-state index contributed by atoms with van der Waals surface area (Å²) in [5.74, 6) is 5.16. The third-order valence-electron chi connectivity index (χ3n) is 6.01. The van der Waals surface area contributed by atoms with Crippen LogP contribution in [-0.4, -0.2) is 38.9 Å². The second-order valence-corrected chi connectivity index (χ2v) is 14.2. The van der Waals surface area contributed by atoms with Crippen molar-refractivity contribution in [3.8, 4) is 11.8 Å². The minimum Gasteiger partial charge on any atom is -0.456 e. The van der Waals surface area contributed by atoms with Gasteiger partial charge in [-0.15, -0.1) is 0 Å². The first-order chi connectivity index (χ1) is 15.1. The van der Waals surface area contributed by atoms with E-state index in [1.165, 1.54) is 11.1 Å². The first-order valence-corrected chi connectivity index (χ1v) is 14.2. The van der Waals surface area contributed by atoms with Gasteiger partial charge in [0.05, 0.1) is 25.8 Å². The molecule has 0 spiro atoms. The molecule has 4 nitrogen and oxygen atoms in total. The van der Waals surface area contributed by atoms with Gasteiger partial charge in [0.1, 0.15) is 0 Å². The maximum Gasteiger partial charge on any atom is 0.384 e. The lowest BCUT2D eigenvalue weighted by atomic mass is 10.0. The monoisotopic (exact) mass is 451 g/mol. The molecule has 2 rings (SSSR count). The molecule has 0 aliphatic rings. The Labute approximate surface area is 195 Å². The van der Waals surface area contributed by atoms with Crippen LogP contribution >= 0.6 is 0 Å². The van der Waals surface area contributed by atoms with Gasteiger partial charge in [0.15, 0.2) is 8.32 Å². The van der Waals surface area contributed by atoms with Gasteiger partial charge in [-0.1, -0.05) is 87.4 Å². The average molecular weight is 452 g/mol. The fraction of sp³-hybridized carbons (Fsp3) is 0.444. The van der Waals surface area contributed by atoms with Crippen LogP contribution in [0.2, 0.25) is 18.1 Å². The fourth-order valence-electron chi connectivity index (χ4n) is 3.07. The first-order valence-electron chi connectivity index (χ1n) is 11.3. The van der Waals surface area contributed by atoms with E-state index in [4.69, 9.17) is 9.16 Å². The van der Waals surface area contributed by atoms with E-state index in [-0.39, 0.29) is 11.1 Å². The van der Waals surface area contributed by atoms with Crippen molar-refractivity contribution in [1.29, 1.82) is 0 Å². The molecule has 0 saturated carbocycles. The van der Waals surface area contributed by atoms with Gasteiger partial charge in [0.25, 0.3) is 0 Å². The maximum absolute atomic E-state index is 11.8. The van der Waals surface area contributed by atoms with E-state index in [2.05, 4.69) is 87.0 Å². The minimum atomic E-state index is -1.94. The molecule has 0 aliphatic heterocycles. The molecule has 2 aromatic carbocycles. The highest BCUT2D eigenvalue weighted by Gasteiger charge is 2.38. The number of nitrogens with zero attached hydrogens (tertiary/aromatic N) is 1. The van der Waals surface area contributed by atoms with E-state index in [1.54, 1.807) is 6.92 Å². The summed E-state index contributed by atoms with van der Waals surface area (Å²) in [6.45, 7) is 15.1. The Hall–Kier alpha value is -2.39. The Morgan fingerprint density at radius 3 is 2.19 bits per heavy atom. The van der Waals surface area contributed by atoms with Gasteiger partial charge in [-0.05, 0) is 36.2 Å². The Bertz CT molecular complexity index is 895. The number of rotatable bonds is 9. The molecule has 0 unspecified atom stereocenters. The average Bonchev–Trinajstić information content (AvgIpc) is 2.74. The van der Waals surface area contributed by atoms with Crippen LogP contribution in [0.4, 0.5) is 0 Å². The molecule has 0 aromatic heterocycles. The number of esters is 1. The van der Waals surface area contributed by atoms with Crippen molar-refractivity contribution in [2.45, 2.75) is 58.4 Å². The molecular formula is C27H37NO3Si. The summed E-state index contributed by atoms with van der Waals surface area (Å²) in [5.41, 5.74) is 2.37.